The molecule has 170 valence electrons. The fraction of sp³-hybridized carbons (Fsp3) is 0.333. The van der Waals surface area contributed by atoms with Crippen LogP contribution in [0.4, 0.5) is 4.39 Å². The Labute approximate surface area is 189 Å². The number of aliphatic hydroxyl groups is 4. The standard InChI is InChI=1S/C24H24ClFO6/c1-2-31-18-8-7-12(10-17(18)26)9-13-11-16(14-5-3-4-6-15(14)19(13)25)23-21(28)20(27)22(29)24(30)32-23/h3-8,10-11,20-24,27-30H,2,9H2,1H3/t20-,21-,22+,23+,24+/m1/s1. The van der Waals surface area contributed by atoms with E-state index in [0.717, 1.165) is 0 Å². The van der Waals surface area contributed by atoms with E-state index in [1.165, 1.54) is 6.07 Å². The highest BCUT2D eigenvalue weighted by atomic mass is 35.5. The summed E-state index contributed by atoms with van der Waals surface area (Å²) >= 11 is 6.68. The average Bonchev–Trinajstić information content (AvgIpc) is 2.79. The van der Waals surface area contributed by atoms with Gasteiger partial charge in [0.15, 0.2) is 17.9 Å². The minimum atomic E-state index is -1.67. The first kappa shape index (κ1) is 22.9. The zero-order chi connectivity index (χ0) is 23.0. The molecule has 0 aromatic heterocycles. The molecule has 1 aliphatic heterocycles. The van der Waals surface area contributed by atoms with Gasteiger partial charge in [0.1, 0.15) is 24.4 Å². The molecule has 0 amide bonds. The summed E-state index contributed by atoms with van der Waals surface area (Å²) in [5, 5.41) is 42.4. The molecule has 0 aliphatic carbocycles. The van der Waals surface area contributed by atoms with Crippen LogP contribution in [0.3, 0.4) is 0 Å². The molecule has 0 unspecified atom stereocenters. The van der Waals surface area contributed by atoms with Crippen LogP contribution in [0.5, 0.6) is 5.75 Å². The number of hydrogen-bond acceptors (Lipinski definition) is 6. The minimum Gasteiger partial charge on any atom is -0.491 e. The maximum atomic E-state index is 14.3. The highest BCUT2D eigenvalue weighted by molar-refractivity contribution is 6.36. The summed E-state index contributed by atoms with van der Waals surface area (Å²) in [6.45, 7) is 2.13. The third-order valence-electron chi connectivity index (χ3n) is 5.67. The largest absolute Gasteiger partial charge is 0.491 e. The van der Waals surface area contributed by atoms with E-state index >= 15 is 0 Å². The van der Waals surface area contributed by atoms with Crippen LogP contribution in [-0.4, -0.2) is 51.6 Å². The second kappa shape index (κ2) is 9.31. The molecule has 3 aromatic rings. The number of aliphatic hydroxyl groups excluding tert-OH is 4. The van der Waals surface area contributed by atoms with Crippen LogP contribution in [0.15, 0.2) is 48.5 Å². The molecule has 1 heterocycles. The Hall–Kier alpha value is -2.26. The number of fused-ring (bicyclic) bond motifs is 1. The van der Waals surface area contributed by atoms with E-state index in [-0.39, 0.29) is 12.2 Å². The van der Waals surface area contributed by atoms with Crippen molar-refractivity contribution in [1.82, 2.24) is 0 Å². The third kappa shape index (κ3) is 4.20. The molecule has 0 spiro atoms. The van der Waals surface area contributed by atoms with E-state index in [2.05, 4.69) is 0 Å². The van der Waals surface area contributed by atoms with Gasteiger partial charge in [0.05, 0.1) is 11.6 Å². The molecule has 8 heteroatoms. The minimum absolute atomic E-state index is 0.168. The van der Waals surface area contributed by atoms with Gasteiger partial charge in [-0.2, -0.15) is 0 Å². The lowest BCUT2D eigenvalue weighted by Gasteiger charge is -2.39. The summed E-state index contributed by atoms with van der Waals surface area (Å²) in [4.78, 5) is 0. The van der Waals surface area contributed by atoms with Gasteiger partial charge in [-0.05, 0) is 47.6 Å². The second-order valence-electron chi connectivity index (χ2n) is 7.78. The Balaban J connectivity index is 1.78. The fourth-order valence-corrected chi connectivity index (χ4v) is 4.34. The van der Waals surface area contributed by atoms with Crippen molar-refractivity contribution in [3.63, 3.8) is 0 Å². The van der Waals surface area contributed by atoms with E-state index < -0.39 is 36.5 Å². The molecule has 0 bridgehead atoms. The van der Waals surface area contributed by atoms with Crippen molar-refractivity contribution in [2.45, 2.75) is 44.1 Å². The SMILES string of the molecule is CCOc1ccc(Cc2cc([C@@H]3O[C@H](O)[C@@H](O)[C@H](O)[C@H]3O)c3ccccc3c2Cl)cc1F. The number of ether oxygens (including phenoxy) is 2. The zero-order valence-electron chi connectivity index (χ0n) is 17.3. The van der Waals surface area contributed by atoms with Crippen LogP contribution in [0.1, 0.15) is 29.7 Å². The van der Waals surface area contributed by atoms with Crippen LogP contribution in [0.25, 0.3) is 10.8 Å². The first-order valence-electron chi connectivity index (χ1n) is 10.3. The van der Waals surface area contributed by atoms with Crippen molar-refractivity contribution in [3.05, 3.63) is 76.1 Å². The summed E-state index contributed by atoms with van der Waals surface area (Å²) < 4.78 is 25.1. The van der Waals surface area contributed by atoms with E-state index in [1.54, 1.807) is 43.3 Å². The topological polar surface area (TPSA) is 99.4 Å². The molecule has 3 aromatic carbocycles. The lowest BCUT2D eigenvalue weighted by atomic mass is 9.88. The van der Waals surface area contributed by atoms with Gasteiger partial charge < -0.3 is 29.9 Å². The lowest BCUT2D eigenvalue weighted by molar-refractivity contribution is -0.284. The highest BCUT2D eigenvalue weighted by Gasteiger charge is 2.44. The predicted octanol–water partition coefficient (Wildman–Crippen LogP) is 3.09. The van der Waals surface area contributed by atoms with Gasteiger partial charge in [-0.25, -0.2) is 4.39 Å². The van der Waals surface area contributed by atoms with Gasteiger partial charge in [-0.3, -0.25) is 0 Å². The van der Waals surface area contributed by atoms with Crippen molar-refractivity contribution >= 4 is 22.4 Å². The Bertz CT molecular complexity index is 1120. The van der Waals surface area contributed by atoms with Gasteiger partial charge >= 0.3 is 0 Å². The van der Waals surface area contributed by atoms with E-state index in [1.807, 2.05) is 6.07 Å². The molecule has 1 aliphatic rings. The molecule has 6 nitrogen and oxygen atoms in total. The van der Waals surface area contributed by atoms with E-state index in [0.29, 0.717) is 39.1 Å². The zero-order valence-corrected chi connectivity index (χ0v) is 18.0. The molecular weight excluding hydrogens is 439 g/mol. The summed E-state index contributed by atoms with van der Waals surface area (Å²) in [5.41, 5.74) is 1.80. The van der Waals surface area contributed by atoms with Gasteiger partial charge in [0, 0.05) is 5.39 Å². The van der Waals surface area contributed by atoms with E-state index in [4.69, 9.17) is 21.1 Å². The third-order valence-corrected chi connectivity index (χ3v) is 6.12. The number of halogens is 2. The van der Waals surface area contributed by atoms with Crippen LogP contribution < -0.4 is 4.74 Å². The van der Waals surface area contributed by atoms with Gasteiger partial charge in [-0.1, -0.05) is 48.0 Å². The molecule has 1 fully saturated rings. The smallest absolute Gasteiger partial charge is 0.184 e. The second-order valence-corrected chi connectivity index (χ2v) is 8.16. The Morgan fingerprint density at radius 2 is 1.69 bits per heavy atom. The van der Waals surface area contributed by atoms with E-state index in [9.17, 15) is 24.8 Å². The molecule has 0 radical (unpaired) electrons. The Morgan fingerprint density at radius 3 is 2.38 bits per heavy atom. The average molecular weight is 463 g/mol. The first-order valence-corrected chi connectivity index (χ1v) is 10.7. The first-order chi connectivity index (χ1) is 15.3. The fourth-order valence-electron chi connectivity index (χ4n) is 4.06. The predicted molar refractivity (Wildman–Crippen MR) is 117 cm³/mol. The number of rotatable bonds is 5. The highest BCUT2D eigenvalue weighted by Crippen LogP contribution is 2.40. The van der Waals surface area contributed by atoms with Crippen molar-refractivity contribution in [3.8, 4) is 5.75 Å². The van der Waals surface area contributed by atoms with Crippen LogP contribution in [0, 0.1) is 5.82 Å². The normalized spacial score (nSPS) is 25.8. The molecule has 5 atom stereocenters. The van der Waals surface area contributed by atoms with Crippen molar-refractivity contribution in [2.24, 2.45) is 0 Å². The summed E-state index contributed by atoms with van der Waals surface area (Å²) in [5.74, 6) is -0.311. The molecule has 4 N–H and O–H groups in total. The quantitative estimate of drug-likeness (QED) is 0.465. The monoisotopic (exact) mass is 462 g/mol. The van der Waals surface area contributed by atoms with Gasteiger partial charge in [0.2, 0.25) is 0 Å². The van der Waals surface area contributed by atoms with Gasteiger partial charge in [-0.15, -0.1) is 0 Å². The molecule has 32 heavy (non-hydrogen) atoms. The van der Waals surface area contributed by atoms with Crippen LogP contribution in [-0.2, 0) is 11.2 Å². The Morgan fingerprint density at radius 1 is 0.969 bits per heavy atom. The molecule has 0 saturated carbocycles. The maximum absolute atomic E-state index is 14.3. The maximum Gasteiger partial charge on any atom is 0.184 e. The molecule has 4 rings (SSSR count). The summed E-state index contributed by atoms with van der Waals surface area (Å²) in [7, 11) is 0. The lowest BCUT2D eigenvalue weighted by Crippen LogP contribution is -2.54. The van der Waals surface area contributed by atoms with Crippen molar-refractivity contribution in [2.75, 3.05) is 6.61 Å². The van der Waals surface area contributed by atoms with Gasteiger partial charge in [0.25, 0.3) is 0 Å². The summed E-state index contributed by atoms with van der Waals surface area (Å²) in [6, 6.07) is 13.6. The molecule has 1 saturated heterocycles. The number of hydrogen-bond donors (Lipinski definition) is 4. The number of benzene rings is 3. The van der Waals surface area contributed by atoms with Crippen molar-refractivity contribution < 1.29 is 34.3 Å². The molecular formula is C24H24ClFO6. The van der Waals surface area contributed by atoms with Crippen molar-refractivity contribution in [1.29, 1.82) is 0 Å². The summed E-state index contributed by atoms with van der Waals surface area (Å²) in [6.07, 6.45) is -7.20. The Kier molecular flexibility index (Phi) is 6.67. The van der Waals surface area contributed by atoms with Crippen LogP contribution >= 0.6 is 11.6 Å². The van der Waals surface area contributed by atoms with Crippen LogP contribution in [0.2, 0.25) is 5.02 Å².